The van der Waals surface area contributed by atoms with Crippen molar-refractivity contribution >= 4 is 17.6 Å². The number of carbonyl (C=O) groups is 2. The number of carbonyl (C=O) groups excluding carboxylic acids is 2. The number of nitrogens with one attached hydrogen (secondary N) is 2. The number of aryl methyl sites for hydroxylation is 1. The highest BCUT2D eigenvalue weighted by Gasteiger charge is 2.48. The molecular formula is C35H43F3N4O8. The Balaban J connectivity index is 1.45. The summed E-state index contributed by atoms with van der Waals surface area (Å²) >= 11 is 0. The highest BCUT2D eigenvalue weighted by Crippen LogP contribution is 2.44. The van der Waals surface area contributed by atoms with Crippen LogP contribution in [-0.4, -0.2) is 78.7 Å². The van der Waals surface area contributed by atoms with Gasteiger partial charge in [-0.1, -0.05) is 38.1 Å². The molecule has 0 bridgehead atoms. The molecule has 4 rings (SSSR count). The van der Waals surface area contributed by atoms with Crippen LogP contribution in [0, 0.1) is 16.0 Å². The summed E-state index contributed by atoms with van der Waals surface area (Å²) in [6.45, 7) is 6.61. The summed E-state index contributed by atoms with van der Waals surface area (Å²) in [6, 6.07) is 12.6. The first kappa shape index (κ1) is 38.3. The topological polar surface area (TPSA) is 152 Å². The van der Waals surface area contributed by atoms with Crippen LogP contribution in [0.5, 0.6) is 5.75 Å². The van der Waals surface area contributed by atoms with E-state index >= 15 is 0 Å². The maximum Gasteiger partial charge on any atom is 0.431 e. The molecule has 1 saturated heterocycles. The van der Waals surface area contributed by atoms with Crippen molar-refractivity contribution in [3.8, 4) is 5.75 Å². The van der Waals surface area contributed by atoms with E-state index in [-0.39, 0.29) is 35.4 Å². The average molecular weight is 705 g/mol. The van der Waals surface area contributed by atoms with Crippen molar-refractivity contribution in [1.29, 1.82) is 0 Å². The fraction of sp³-hybridized carbons (Fsp3) is 0.486. The van der Waals surface area contributed by atoms with E-state index in [0.717, 1.165) is 44.1 Å². The Morgan fingerprint density at radius 2 is 1.86 bits per heavy atom. The zero-order valence-electron chi connectivity index (χ0n) is 28.4. The smallest absolute Gasteiger partial charge is 0.431 e. The van der Waals surface area contributed by atoms with Gasteiger partial charge in [0.1, 0.15) is 24.2 Å². The molecule has 3 atom stereocenters. The molecule has 2 aliphatic rings. The number of aliphatic hydroxyl groups excluding tert-OH is 1. The van der Waals surface area contributed by atoms with Gasteiger partial charge in [0.25, 0.3) is 5.69 Å². The molecule has 2 heterocycles. The van der Waals surface area contributed by atoms with Crippen LogP contribution in [0.4, 0.5) is 18.9 Å². The third-order valence-corrected chi connectivity index (χ3v) is 8.55. The van der Waals surface area contributed by atoms with Gasteiger partial charge in [-0.15, -0.1) is 5.06 Å². The summed E-state index contributed by atoms with van der Waals surface area (Å²) in [5.41, 5.74) is -2.29. The van der Waals surface area contributed by atoms with Crippen LogP contribution in [-0.2, 0) is 25.6 Å². The van der Waals surface area contributed by atoms with Gasteiger partial charge in [-0.3, -0.25) is 10.1 Å². The number of piperidine rings is 1. The molecule has 50 heavy (non-hydrogen) atoms. The second-order valence-corrected chi connectivity index (χ2v) is 12.7. The van der Waals surface area contributed by atoms with Gasteiger partial charge in [0, 0.05) is 43.5 Å². The molecule has 0 saturated carbocycles. The van der Waals surface area contributed by atoms with Crippen molar-refractivity contribution in [2.45, 2.75) is 70.7 Å². The number of nitrogens with zero attached hydrogens (tertiary/aromatic N) is 2. The van der Waals surface area contributed by atoms with Crippen LogP contribution in [0.25, 0.3) is 0 Å². The Kier molecular flexibility index (Phi) is 13.0. The maximum absolute atomic E-state index is 14.2. The molecular weight excluding hydrogens is 661 g/mol. The molecule has 15 heteroatoms. The number of aliphatic hydroxyl groups is 1. The SMILES string of the molecule is COC(=O)C1=C(C(F)(F)F)NC(C)=C(C(=O)ON2CCCC(CCc3ccc(OCC(O)CNC(C)C)cc3)C2)C1c1cccc([N+](=O)[O-])c1. The number of nitro groups is 1. The fourth-order valence-corrected chi connectivity index (χ4v) is 6.06. The first-order valence-corrected chi connectivity index (χ1v) is 16.4. The molecule has 0 aliphatic carbocycles. The Morgan fingerprint density at radius 3 is 2.50 bits per heavy atom. The van der Waals surface area contributed by atoms with Crippen molar-refractivity contribution in [3.05, 3.63) is 92.3 Å². The second kappa shape index (κ2) is 17.0. The second-order valence-electron chi connectivity index (χ2n) is 12.7. The molecule has 2 aromatic rings. The Labute approximate surface area is 288 Å². The van der Waals surface area contributed by atoms with Gasteiger partial charge in [0.2, 0.25) is 0 Å². The lowest BCUT2D eigenvalue weighted by molar-refractivity contribution is -0.384. The van der Waals surface area contributed by atoms with Crippen molar-refractivity contribution in [3.63, 3.8) is 0 Å². The van der Waals surface area contributed by atoms with E-state index in [0.29, 0.717) is 31.8 Å². The summed E-state index contributed by atoms with van der Waals surface area (Å²) in [5, 5.41) is 28.4. The van der Waals surface area contributed by atoms with Crippen LogP contribution in [0.15, 0.2) is 71.1 Å². The van der Waals surface area contributed by atoms with Gasteiger partial charge in [0.15, 0.2) is 0 Å². The number of dihydropyridines is 1. The largest absolute Gasteiger partial charge is 0.491 e. The van der Waals surface area contributed by atoms with Gasteiger partial charge in [-0.05, 0) is 61.8 Å². The highest BCUT2D eigenvalue weighted by atomic mass is 19.4. The van der Waals surface area contributed by atoms with Crippen molar-refractivity contribution in [2.75, 3.05) is 33.4 Å². The first-order valence-electron chi connectivity index (χ1n) is 16.4. The summed E-state index contributed by atoms with van der Waals surface area (Å²) in [7, 11) is 0.909. The number of hydrogen-bond acceptors (Lipinski definition) is 11. The monoisotopic (exact) mass is 704 g/mol. The third-order valence-electron chi connectivity index (χ3n) is 8.55. The molecule has 0 radical (unpaired) electrons. The normalized spacial score (nSPS) is 19.2. The summed E-state index contributed by atoms with van der Waals surface area (Å²) < 4.78 is 53.1. The van der Waals surface area contributed by atoms with Crippen LogP contribution >= 0.6 is 0 Å². The predicted octanol–water partition coefficient (Wildman–Crippen LogP) is 5.09. The van der Waals surface area contributed by atoms with E-state index in [9.17, 15) is 38.0 Å². The number of nitro benzene ring substituents is 1. The minimum Gasteiger partial charge on any atom is -0.491 e. The van der Waals surface area contributed by atoms with Crippen molar-refractivity contribution in [2.24, 2.45) is 5.92 Å². The van der Waals surface area contributed by atoms with Gasteiger partial charge < -0.3 is 30.1 Å². The number of hydrogen-bond donors (Lipinski definition) is 3. The Hall–Kier alpha value is -4.47. The van der Waals surface area contributed by atoms with Crippen LogP contribution < -0.4 is 15.4 Å². The van der Waals surface area contributed by atoms with Crippen LogP contribution in [0.2, 0.25) is 0 Å². The number of hydroxylamine groups is 2. The van der Waals surface area contributed by atoms with Crippen molar-refractivity contribution < 1.29 is 47.1 Å². The molecule has 12 nitrogen and oxygen atoms in total. The average Bonchev–Trinajstić information content (AvgIpc) is 3.08. The minimum absolute atomic E-state index is 0.0820. The van der Waals surface area contributed by atoms with E-state index in [1.807, 2.05) is 38.1 Å². The Morgan fingerprint density at radius 1 is 1.14 bits per heavy atom. The first-order chi connectivity index (χ1) is 23.7. The van der Waals surface area contributed by atoms with E-state index in [2.05, 4.69) is 10.6 Å². The van der Waals surface area contributed by atoms with Gasteiger partial charge >= 0.3 is 18.1 Å². The fourth-order valence-electron chi connectivity index (χ4n) is 6.06. The number of methoxy groups -OCH3 is 1. The highest BCUT2D eigenvalue weighted by molar-refractivity contribution is 6.00. The molecule has 0 spiro atoms. The molecule has 272 valence electrons. The number of halogens is 3. The lowest BCUT2D eigenvalue weighted by Gasteiger charge is -2.34. The molecule has 2 aromatic carbocycles. The van der Waals surface area contributed by atoms with Gasteiger partial charge in [-0.2, -0.15) is 13.2 Å². The zero-order chi connectivity index (χ0) is 36.6. The molecule has 3 N–H and O–H groups in total. The van der Waals surface area contributed by atoms with E-state index < -0.39 is 52.0 Å². The van der Waals surface area contributed by atoms with Crippen molar-refractivity contribution in [1.82, 2.24) is 15.7 Å². The standard InChI is InChI=1S/C35H43F3N4O8/c1-21(2)39-18-27(43)20-49-28-14-12-23(13-15-28)10-11-24-7-6-16-41(19-24)50-34(45)29-22(3)40-32(35(36,37)38)31(33(44)48-4)30(29)25-8-5-9-26(17-25)42(46)47/h5,8-9,12-15,17,21,24,27,30,39-40,43H,6-7,10-11,16,18-20H2,1-4H3. The van der Waals surface area contributed by atoms with E-state index in [4.69, 9.17) is 14.3 Å². The summed E-state index contributed by atoms with van der Waals surface area (Å²) in [5.74, 6) is -3.22. The van der Waals surface area contributed by atoms with E-state index in [1.54, 1.807) is 0 Å². The molecule has 0 amide bonds. The van der Waals surface area contributed by atoms with Gasteiger partial charge in [-0.25, -0.2) is 9.59 Å². The summed E-state index contributed by atoms with van der Waals surface area (Å²) in [4.78, 5) is 43.2. The zero-order valence-corrected chi connectivity index (χ0v) is 28.4. The molecule has 3 unspecified atom stereocenters. The van der Waals surface area contributed by atoms with Crippen LogP contribution in [0.1, 0.15) is 57.1 Å². The number of esters is 1. The third kappa shape index (κ3) is 10.0. The Bertz CT molecular complexity index is 1590. The van der Waals surface area contributed by atoms with Gasteiger partial charge in [0.05, 0.1) is 29.1 Å². The molecule has 2 aliphatic heterocycles. The number of non-ortho nitro benzene ring substituents is 1. The quantitative estimate of drug-likeness (QED) is 0.137. The maximum atomic E-state index is 14.2. The lowest BCUT2D eigenvalue weighted by Crippen LogP contribution is -2.41. The molecule has 1 fully saturated rings. The number of benzene rings is 2. The molecule has 0 aromatic heterocycles. The number of allylic oxidation sites excluding steroid dienone is 2. The summed E-state index contributed by atoms with van der Waals surface area (Å²) in [6.07, 6.45) is -2.58. The number of alkyl halides is 3. The van der Waals surface area contributed by atoms with E-state index in [1.165, 1.54) is 24.1 Å². The van der Waals surface area contributed by atoms with Crippen LogP contribution in [0.3, 0.4) is 0 Å². The number of ether oxygens (including phenoxy) is 2. The minimum atomic E-state index is -5.04. The lowest BCUT2D eigenvalue weighted by atomic mass is 9.80. The number of rotatable bonds is 14. The predicted molar refractivity (Wildman–Crippen MR) is 177 cm³/mol.